The molecule has 1 fully saturated rings. The fourth-order valence-electron chi connectivity index (χ4n) is 6.61. The Morgan fingerprint density at radius 3 is 2.31 bits per heavy atom. The van der Waals surface area contributed by atoms with Gasteiger partial charge in [-0.15, -0.1) is 0 Å². The number of likely N-dealkylation sites (tertiary alicyclic amines) is 1. The Labute approximate surface area is 290 Å². The van der Waals surface area contributed by atoms with Gasteiger partial charge in [0.05, 0.1) is 25.9 Å². The molecule has 5 atom stereocenters. The van der Waals surface area contributed by atoms with Crippen molar-refractivity contribution < 1.29 is 29.3 Å². The molecule has 49 heavy (non-hydrogen) atoms. The average molecular weight is 673 g/mol. The van der Waals surface area contributed by atoms with Gasteiger partial charge in [-0.25, -0.2) is 0 Å². The lowest BCUT2D eigenvalue weighted by molar-refractivity contribution is -0.144. The van der Waals surface area contributed by atoms with Crippen molar-refractivity contribution in [1.82, 2.24) is 20.9 Å². The zero-order valence-corrected chi connectivity index (χ0v) is 28.9. The number of nitrogens with one attached hydrogen (secondary N) is 3. The van der Waals surface area contributed by atoms with Crippen LogP contribution >= 0.6 is 0 Å². The third kappa shape index (κ3) is 10.1. The van der Waals surface area contributed by atoms with Gasteiger partial charge in [0.1, 0.15) is 17.3 Å². The third-order valence-corrected chi connectivity index (χ3v) is 9.68. The Balaban J connectivity index is 1.57. The molecule has 0 bridgehead atoms. The summed E-state index contributed by atoms with van der Waals surface area (Å²) in [6.45, 7) is 4.61. The van der Waals surface area contributed by atoms with E-state index in [0.29, 0.717) is 45.2 Å². The highest BCUT2D eigenvalue weighted by molar-refractivity contribution is 5.97. The van der Waals surface area contributed by atoms with Crippen molar-refractivity contribution in [2.45, 2.75) is 82.6 Å². The van der Waals surface area contributed by atoms with Gasteiger partial charge in [-0.05, 0) is 60.4 Å². The van der Waals surface area contributed by atoms with E-state index in [1.165, 1.54) is 0 Å². The van der Waals surface area contributed by atoms with Crippen molar-refractivity contribution in [3.05, 3.63) is 102 Å². The molecule has 1 unspecified atom stereocenters. The zero-order valence-electron chi connectivity index (χ0n) is 28.9. The van der Waals surface area contributed by atoms with Crippen LogP contribution in [0.2, 0.25) is 0 Å². The molecule has 0 aromatic heterocycles. The minimum absolute atomic E-state index is 0.103. The zero-order chi connectivity index (χ0) is 35.2. The quantitative estimate of drug-likeness (QED) is 0.132. The first-order chi connectivity index (χ1) is 23.7. The molecule has 3 amide bonds. The number of nitrogens with zero attached hydrogens (tertiary/aromatic N) is 1. The summed E-state index contributed by atoms with van der Waals surface area (Å²) in [7, 11) is 1.62. The van der Waals surface area contributed by atoms with Crippen molar-refractivity contribution in [3.8, 4) is 5.75 Å². The Morgan fingerprint density at radius 2 is 1.65 bits per heavy atom. The van der Waals surface area contributed by atoms with E-state index in [2.05, 4.69) is 16.0 Å². The predicted octanol–water partition coefficient (Wildman–Crippen LogP) is 3.39. The van der Waals surface area contributed by atoms with Crippen LogP contribution in [0.5, 0.6) is 5.75 Å². The summed E-state index contributed by atoms with van der Waals surface area (Å²) in [4.78, 5) is 43.1. The molecular formula is C39H52N4O6. The Bertz CT molecular complexity index is 1490. The summed E-state index contributed by atoms with van der Waals surface area (Å²) in [5.74, 6) is -0.470. The molecule has 1 aliphatic heterocycles. The first-order valence-electron chi connectivity index (χ1n) is 17.3. The van der Waals surface area contributed by atoms with E-state index in [4.69, 9.17) is 4.74 Å². The summed E-state index contributed by atoms with van der Waals surface area (Å²) in [6, 6.07) is 25.7. The fraction of sp³-hybridized carbons (Fsp3) is 0.462. The maximum atomic E-state index is 14.4. The lowest BCUT2D eigenvalue weighted by atomic mass is 9.81. The molecule has 4 rings (SSSR count). The fourth-order valence-corrected chi connectivity index (χ4v) is 6.61. The van der Waals surface area contributed by atoms with E-state index in [9.17, 15) is 24.6 Å². The van der Waals surface area contributed by atoms with Crippen molar-refractivity contribution in [3.63, 3.8) is 0 Å². The van der Waals surface area contributed by atoms with E-state index >= 15 is 0 Å². The highest BCUT2D eigenvalue weighted by atomic mass is 16.5. The minimum atomic E-state index is -1.17. The standard InChI is InChI=1S/C39H52N4O6/c1-4-28(2)39(42-36(46)20-23-44)21-22-43(38(39)48)34(19-18-29-12-7-5-8-13-29)37(47)41-33(25-30-14-9-6-10-15-30)35(45)27-40-26-31-16-11-17-32(24-31)49-3/h5-17,24,28,33-35,40,44-45H,4,18-23,25-27H2,1-3H3,(H,41,47)(H,42,46)/t28-,33-,34+,35?,39-/m0/s1. The van der Waals surface area contributed by atoms with Gasteiger partial charge in [0, 0.05) is 26.1 Å². The largest absolute Gasteiger partial charge is 0.497 e. The molecule has 1 heterocycles. The Kier molecular flexibility index (Phi) is 14.2. The number of benzene rings is 3. The minimum Gasteiger partial charge on any atom is -0.497 e. The number of hydrogen-bond donors (Lipinski definition) is 5. The van der Waals surface area contributed by atoms with Crippen LogP contribution in [0.3, 0.4) is 0 Å². The molecule has 0 saturated carbocycles. The van der Waals surface area contributed by atoms with Gasteiger partial charge in [0.15, 0.2) is 0 Å². The van der Waals surface area contributed by atoms with Gasteiger partial charge < -0.3 is 35.8 Å². The van der Waals surface area contributed by atoms with E-state index in [-0.39, 0.29) is 37.3 Å². The van der Waals surface area contributed by atoms with Gasteiger partial charge >= 0.3 is 0 Å². The number of aliphatic hydroxyl groups excluding tert-OH is 2. The summed E-state index contributed by atoms with van der Waals surface area (Å²) in [5, 5.41) is 30.3. The SMILES string of the molecule is CC[C@H](C)[C@@]1(NC(=O)CCO)CCN([C@H](CCc2ccccc2)C(=O)N[C@@H](Cc2ccccc2)C(O)CNCc2cccc(OC)c2)C1=O. The van der Waals surface area contributed by atoms with E-state index in [1.807, 2.05) is 98.8 Å². The number of aryl methyl sites for hydroxylation is 1. The van der Waals surface area contributed by atoms with Crippen LogP contribution in [0.15, 0.2) is 84.9 Å². The van der Waals surface area contributed by atoms with Crippen molar-refractivity contribution in [1.29, 1.82) is 0 Å². The smallest absolute Gasteiger partial charge is 0.249 e. The normalized spacial score (nSPS) is 18.4. The molecule has 1 saturated heterocycles. The van der Waals surface area contributed by atoms with Gasteiger partial charge in [-0.3, -0.25) is 14.4 Å². The maximum Gasteiger partial charge on any atom is 0.249 e. The van der Waals surface area contributed by atoms with Gasteiger partial charge in [0.25, 0.3) is 0 Å². The number of ether oxygens (including phenoxy) is 1. The maximum absolute atomic E-state index is 14.4. The molecule has 3 aromatic carbocycles. The molecule has 0 radical (unpaired) electrons. The number of carbonyl (C=O) groups is 3. The summed E-state index contributed by atoms with van der Waals surface area (Å²) < 4.78 is 5.33. The Morgan fingerprint density at radius 1 is 0.980 bits per heavy atom. The van der Waals surface area contributed by atoms with Crippen LogP contribution in [-0.2, 0) is 33.8 Å². The lowest BCUT2D eigenvalue weighted by Gasteiger charge is -2.36. The van der Waals surface area contributed by atoms with E-state index < -0.39 is 29.6 Å². The van der Waals surface area contributed by atoms with Gasteiger partial charge in [-0.2, -0.15) is 0 Å². The van der Waals surface area contributed by atoms with Crippen LogP contribution in [0.1, 0.15) is 56.2 Å². The molecule has 0 spiro atoms. The molecule has 1 aliphatic rings. The highest BCUT2D eigenvalue weighted by Crippen LogP contribution is 2.34. The second-order valence-corrected chi connectivity index (χ2v) is 12.9. The van der Waals surface area contributed by atoms with Crippen molar-refractivity contribution in [2.75, 3.05) is 26.8 Å². The topological polar surface area (TPSA) is 140 Å². The second-order valence-electron chi connectivity index (χ2n) is 12.9. The number of aliphatic hydroxyl groups is 2. The van der Waals surface area contributed by atoms with Gasteiger partial charge in [0.2, 0.25) is 17.7 Å². The predicted molar refractivity (Wildman–Crippen MR) is 190 cm³/mol. The summed E-state index contributed by atoms with van der Waals surface area (Å²) in [5.41, 5.74) is 1.83. The second kappa shape index (κ2) is 18.5. The molecule has 10 heteroatoms. The number of carbonyl (C=O) groups excluding carboxylic acids is 3. The molecule has 5 N–H and O–H groups in total. The molecule has 264 valence electrons. The van der Waals surface area contributed by atoms with E-state index in [1.54, 1.807) is 12.0 Å². The summed E-state index contributed by atoms with van der Waals surface area (Å²) in [6.07, 6.45) is 1.28. The lowest BCUT2D eigenvalue weighted by Crippen LogP contribution is -2.61. The third-order valence-electron chi connectivity index (χ3n) is 9.68. The number of hydrogen-bond acceptors (Lipinski definition) is 7. The van der Waals surface area contributed by atoms with Gasteiger partial charge in [-0.1, -0.05) is 93.1 Å². The Hall–Kier alpha value is -4.25. The molecular weight excluding hydrogens is 620 g/mol. The average Bonchev–Trinajstić information content (AvgIpc) is 3.44. The van der Waals surface area contributed by atoms with Crippen molar-refractivity contribution in [2.24, 2.45) is 5.92 Å². The first-order valence-corrected chi connectivity index (χ1v) is 17.3. The van der Waals surface area contributed by atoms with Crippen LogP contribution in [0.4, 0.5) is 0 Å². The molecule has 10 nitrogen and oxygen atoms in total. The summed E-state index contributed by atoms with van der Waals surface area (Å²) >= 11 is 0. The number of amides is 3. The van der Waals surface area contributed by atoms with Crippen LogP contribution in [-0.4, -0.2) is 83.4 Å². The van der Waals surface area contributed by atoms with Crippen LogP contribution < -0.4 is 20.7 Å². The van der Waals surface area contributed by atoms with Crippen molar-refractivity contribution >= 4 is 17.7 Å². The first kappa shape index (κ1) is 37.6. The van der Waals surface area contributed by atoms with E-state index in [0.717, 1.165) is 22.4 Å². The van der Waals surface area contributed by atoms with Crippen LogP contribution in [0, 0.1) is 5.92 Å². The monoisotopic (exact) mass is 672 g/mol. The highest BCUT2D eigenvalue weighted by Gasteiger charge is 2.53. The molecule has 3 aromatic rings. The number of methoxy groups -OCH3 is 1. The molecule has 0 aliphatic carbocycles. The number of rotatable bonds is 19. The van der Waals surface area contributed by atoms with Crippen LogP contribution in [0.25, 0.3) is 0 Å².